The van der Waals surface area contributed by atoms with Gasteiger partial charge in [-0.15, -0.1) is 0 Å². The molecule has 1 N–H and O–H groups in total. The monoisotopic (exact) mass is 249 g/mol. The number of carbonyl (C=O) groups is 1. The van der Waals surface area contributed by atoms with Gasteiger partial charge in [-0.2, -0.15) is 0 Å². The lowest BCUT2D eigenvalue weighted by Gasteiger charge is -2.22. The van der Waals surface area contributed by atoms with Gasteiger partial charge in [-0.25, -0.2) is 0 Å². The minimum atomic E-state index is -0.743. The highest BCUT2D eigenvalue weighted by atomic mass is 16.4. The van der Waals surface area contributed by atoms with Gasteiger partial charge in [-0.3, -0.25) is 4.79 Å². The zero-order valence-electron chi connectivity index (χ0n) is 11.7. The van der Waals surface area contributed by atoms with Crippen LogP contribution >= 0.6 is 0 Å². The van der Waals surface area contributed by atoms with Crippen LogP contribution in [0.1, 0.15) is 37.3 Å². The summed E-state index contributed by atoms with van der Waals surface area (Å²) in [6.45, 7) is 4.34. The van der Waals surface area contributed by atoms with Crippen molar-refractivity contribution in [1.82, 2.24) is 4.90 Å². The van der Waals surface area contributed by atoms with Gasteiger partial charge < -0.3 is 10.0 Å². The number of hydrogen-bond donors (Lipinski definition) is 1. The van der Waals surface area contributed by atoms with Crippen LogP contribution in [0, 0.1) is 0 Å². The summed E-state index contributed by atoms with van der Waals surface area (Å²) in [6, 6.07) is 8.52. The van der Waals surface area contributed by atoms with Gasteiger partial charge in [0, 0.05) is 6.04 Å². The van der Waals surface area contributed by atoms with Crippen LogP contribution in [-0.2, 0) is 11.2 Å². The highest BCUT2D eigenvalue weighted by molar-refractivity contribution is 5.67. The Hall–Kier alpha value is -1.35. The number of carboxylic acid groups (broad SMARTS) is 1. The summed E-state index contributed by atoms with van der Waals surface area (Å²) in [6.07, 6.45) is 0.955. The third kappa shape index (κ3) is 4.49. The fourth-order valence-corrected chi connectivity index (χ4v) is 1.95. The van der Waals surface area contributed by atoms with E-state index < -0.39 is 5.97 Å². The van der Waals surface area contributed by atoms with E-state index >= 15 is 0 Å². The molecule has 0 bridgehead atoms. The normalized spacial score (nSPS) is 13.0. The van der Waals surface area contributed by atoms with Crippen molar-refractivity contribution in [2.75, 3.05) is 14.1 Å². The molecule has 1 atom stereocenters. The molecule has 0 saturated heterocycles. The second-order valence-corrected chi connectivity index (χ2v) is 5.32. The zero-order valence-corrected chi connectivity index (χ0v) is 11.7. The Kier molecular flexibility index (Phi) is 5.35. The molecule has 0 aromatic heterocycles. The Balaban J connectivity index is 2.72. The van der Waals surface area contributed by atoms with Gasteiger partial charge in [0.25, 0.3) is 0 Å². The number of benzene rings is 1. The van der Waals surface area contributed by atoms with Crippen molar-refractivity contribution in [3.05, 3.63) is 35.4 Å². The lowest BCUT2D eigenvalue weighted by Crippen LogP contribution is -2.32. The van der Waals surface area contributed by atoms with Crippen molar-refractivity contribution in [3.8, 4) is 0 Å². The summed E-state index contributed by atoms with van der Waals surface area (Å²) in [7, 11) is 3.85. The van der Waals surface area contributed by atoms with Gasteiger partial charge >= 0.3 is 5.97 Å². The Morgan fingerprint density at radius 2 is 1.78 bits per heavy atom. The van der Waals surface area contributed by atoms with Crippen molar-refractivity contribution in [2.45, 2.75) is 38.6 Å². The van der Waals surface area contributed by atoms with Crippen molar-refractivity contribution >= 4 is 5.97 Å². The Labute approximate surface area is 109 Å². The second kappa shape index (κ2) is 6.55. The van der Waals surface area contributed by atoms with E-state index in [1.807, 2.05) is 19.0 Å². The SMILES string of the molecule is CC(C)c1ccc(CC(CC(=O)O)N(C)C)cc1. The number of nitrogens with zero attached hydrogens (tertiary/aromatic N) is 1. The lowest BCUT2D eigenvalue weighted by atomic mass is 9.98. The van der Waals surface area contributed by atoms with Crippen LogP contribution in [0.2, 0.25) is 0 Å². The Bertz CT molecular complexity index is 382. The molecule has 3 nitrogen and oxygen atoms in total. The van der Waals surface area contributed by atoms with Crippen LogP contribution in [0.3, 0.4) is 0 Å². The highest BCUT2D eigenvalue weighted by Gasteiger charge is 2.16. The molecule has 0 amide bonds. The van der Waals surface area contributed by atoms with Crippen LogP contribution in [0.15, 0.2) is 24.3 Å². The molecular formula is C15H23NO2. The summed E-state index contributed by atoms with van der Waals surface area (Å²) in [5, 5.41) is 8.90. The molecule has 0 heterocycles. The second-order valence-electron chi connectivity index (χ2n) is 5.32. The smallest absolute Gasteiger partial charge is 0.304 e. The molecule has 1 aromatic rings. The van der Waals surface area contributed by atoms with Crippen LogP contribution in [0.4, 0.5) is 0 Å². The number of likely N-dealkylation sites (N-methyl/N-ethyl adjacent to an activating group) is 1. The molecule has 18 heavy (non-hydrogen) atoms. The largest absolute Gasteiger partial charge is 0.481 e. The molecule has 0 fully saturated rings. The summed E-state index contributed by atoms with van der Waals surface area (Å²) < 4.78 is 0. The maximum atomic E-state index is 10.8. The lowest BCUT2D eigenvalue weighted by molar-refractivity contribution is -0.138. The van der Waals surface area contributed by atoms with E-state index in [2.05, 4.69) is 38.1 Å². The van der Waals surface area contributed by atoms with Crippen LogP contribution in [-0.4, -0.2) is 36.1 Å². The summed E-state index contributed by atoms with van der Waals surface area (Å²) in [5.41, 5.74) is 2.51. The number of aliphatic carboxylic acids is 1. The van der Waals surface area contributed by atoms with Crippen molar-refractivity contribution in [3.63, 3.8) is 0 Å². The van der Waals surface area contributed by atoms with E-state index in [1.54, 1.807) is 0 Å². The molecule has 0 aliphatic carbocycles. The fraction of sp³-hybridized carbons (Fsp3) is 0.533. The van der Waals surface area contributed by atoms with Crippen LogP contribution in [0.5, 0.6) is 0 Å². The molecule has 0 aliphatic heterocycles. The topological polar surface area (TPSA) is 40.5 Å². The first-order valence-electron chi connectivity index (χ1n) is 6.37. The van der Waals surface area contributed by atoms with Gasteiger partial charge in [-0.05, 0) is 37.6 Å². The maximum absolute atomic E-state index is 10.8. The number of carboxylic acids is 1. The summed E-state index contributed by atoms with van der Waals surface area (Å²) >= 11 is 0. The Morgan fingerprint density at radius 3 is 2.17 bits per heavy atom. The molecule has 1 rings (SSSR count). The molecule has 0 radical (unpaired) electrons. The van der Waals surface area contributed by atoms with E-state index in [9.17, 15) is 4.79 Å². The van der Waals surface area contributed by atoms with Crippen LogP contribution in [0.25, 0.3) is 0 Å². The standard InChI is InChI=1S/C15H23NO2/c1-11(2)13-7-5-12(6-8-13)9-14(16(3)4)10-15(17)18/h5-8,11,14H,9-10H2,1-4H3,(H,17,18). The molecule has 100 valence electrons. The molecule has 0 aliphatic rings. The molecular weight excluding hydrogens is 226 g/mol. The highest BCUT2D eigenvalue weighted by Crippen LogP contribution is 2.16. The van der Waals surface area contributed by atoms with Gasteiger partial charge in [0.1, 0.15) is 0 Å². The zero-order chi connectivity index (χ0) is 13.7. The molecule has 1 unspecified atom stereocenters. The van der Waals surface area contributed by atoms with E-state index in [1.165, 1.54) is 11.1 Å². The fourth-order valence-electron chi connectivity index (χ4n) is 1.95. The van der Waals surface area contributed by atoms with Crippen LogP contribution < -0.4 is 0 Å². The van der Waals surface area contributed by atoms with Crippen molar-refractivity contribution < 1.29 is 9.90 Å². The van der Waals surface area contributed by atoms with Crippen molar-refractivity contribution in [1.29, 1.82) is 0 Å². The average Bonchev–Trinajstić information content (AvgIpc) is 2.28. The summed E-state index contributed by atoms with van der Waals surface area (Å²) in [5.74, 6) is -0.213. The Morgan fingerprint density at radius 1 is 1.22 bits per heavy atom. The van der Waals surface area contributed by atoms with Gasteiger partial charge in [-0.1, -0.05) is 38.1 Å². The minimum Gasteiger partial charge on any atom is -0.481 e. The quantitative estimate of drug-likeness (QED) is 0.842. The molecule has 1 aromatic carbocycles. The number of rotatable bonds is 6. The molecule has 0 saturated carbocycles. The molecule has 3 heteroatoms. The van der Waals surface area contributed by atoms with Gasteiger partial charge in [0.15, 0.2) is 0 Å². The minimum absolute atomic E-state index is 0.0485. The first-order chi connectivity index (χ1) is 8.40. The average molecular weight is 249 g/mol. The van der Waals surface area contributed by atoms with E-state index in [0.29, 0.717) is 5.92 Å². The third-order valence-corrected chi connectivity index (χ3v) is 3.26. The van der Waals surface area contributed by atoms with E-state index in [-0.39, 0.29) is 12.5 Å². The summed E-state index contributed by atoms with van der Waals surface area (Å²) in [4.78, 5) is 12.8. The predicted octanol–water partition coefficient (Wildman–Crippen LogP) is 2.76. The predicted molar refractivity (Wildman–Crippen MR) is 74.0 cm³/mol. The molecule has 0 spiro atoms. The number of hydrogen-bond acceptors (Lipinski definition) is 2. The first kappa shape index (κ1) is 14.7. The van der Waals surface area contributed by atoms with Crippen molar-refractivity contribution in [2.24, 2.45) is 0 Å². The third-order valence-electron chi connectivity index (χ3n) is 3.26. The maximum Gasteiger partial charge on any atom is 0.304 e. The van der Waals surface area contributed by atoms with E-state index in [0.717, 1.165) is 6.42 Å². The first-order valence-corrected chi connectivity index (χ1v) is 6.37. The van der Waals surface area contributed by atoms with Gasteiger partial charge in [0.05, 0.1) is 6.42 Å². The van der Waals surface area contributed by atoms with E-state index in [4.69, 9.17) is 5.11 Å². The van der Waals surface area contributed by atoms with Gasteiger partial charge in [0.2, 0.25) is 0 Å².